The van der Waals surface area contributed by atoms with Crippen LogP contribution >= 0.6 is 7.60 Å². The first-order chi connectivity index (χ1) is 17.0. The summed E-state index contributed by atoms with van der Waals surface area (Å²) >= 11 is 0. The Morgan fingerprint density at radius 3 is 1.09 bits per heavy atom. The maximum atomic E-state index is 11.8. The molecule has 4 nitrogen and oxygen atoms in total. The molecule has 0 spiro atoms. The molecule has 3 N–H and O–H groups in total. The minimum atomic E-state index is -4.05. The number of unbranched alkanes of at least 4 members (excludes halogenated alkanes) is 23. The second-order valence-electron chi connectivity index (χ2n) is 11.0. The molecular weight excluding hydrogens is 453 g/mol. The molecule has 0 aromatic rings. The average Bonchev–Trinajstić information content (AvgIpc) is 2.82. The van der Waals surface area contributed by atoms with Gasteiger partial charge in [-0.15, -0.1) is 0 Å². The van der Waals surface area contributed by atoms with Gasteiger partial charge in [0.2, 0.25) is 0 Å². The van der Waals surface area contributed by atoms with E-state index in [4.69, 9.17) is 0 Å². The highest BCUT2D eigenvalue weighted by molar-refractivity contribution is 7.52. The molecule has 212 valence electrons. The SMILES string of the molecule is CCCCCCCCCCCCCCCCCCNC(CCCCCCCCCCC)P(=O)(O)O. The van der Waals surface area contributed by atoms with Gasteiger partial charge in [-0.05, 0) is 19.4 Å². The Balaban J connectivity index is 3.49. The van der Waals surface area contributed by atoms with Gasteiger partial charge in [0.15, 0.2) is 0 Å². The van der Waals surface area contributed by atoms with Gasteiger partial charge in [-0.25, -0.2) is 0 Å². The molecule has 0 aromatic heterocycles. The van der Waals surface area contributed by atoms with Crippen molar-refractivity contribution in [3.8, 4) is 0 Å². The van der Waals surface area contributed by atoms with Crippen LogP contribution in [-0.2, 0) is 4.57 Å². The smallest absolute Gasteiger partial charge is 0.323 e. The summed E-state index contributed by atoms with van der Waals surface area (Å²) in [5, 5.41) is 3.17. The molecule has 0 fully saturated rings. The molecule has 0 aromatic carbocycles. The highest BCUT2D eigenvalue weighted by Crippen LogP contribution is 2.42. The molecule has 1 unspecified atom stereocenters. The van der Waals surface area contributed by atoms with Crippen LogP contribution in [0, 0.1) is 0 Å². The zero-order valence-electron chi connectivity index (χ0n) is 23.9. The second kappa shape index (κ2) is 27.2. The van der Waals surface area contributed by atoms with Gasteiger partial charge in [-0.1, -0.05) is 168 Å². The van der Waals surface area contributed by atoms with E-state index in [1.165, 1.54) is 135 Å². The number of hydrogen-bond acceptors (Lipinski definition) is 2. The van der Waals surface area contributed by atoms with Crippen molar-refractivity contribution in [2.45, 2.75) is 187 Å². The van der Waals surface area contributed by atoms with Crippen LogP contribution in [0.1, 0.15) is 181 Å². The maximum absolute atomic E-state index is 11.8. The Morgan fingerprint density at radius 1 is 0.486 bits per heavy atom. The van der Waals surface area contributed by atoms with E-state index in [0.29, 0.717) is 6.42 Å². The standard InChI is InChI=1S/C30H64NO3P/c1-3-5-7-9-11-13-14-15-16-17-18-19-21-23-25-27-29-31-30(35(32,33)34)28-26-24-22-20-12-10-8-6-4-2/h30-31H,3-29H2,1-2H3,(H2,32,33,34). The lowest BCUT2D eigenvalue weighted by Gasteiger charge is -2.20. The third kappa shape index (κ3) is 27.0. The van der Waals surface area contributed by atoms with E-state index in [0.717, 1.165) is 32.2 Å². The summed E-state index contributed by atoms with van der Waals surface area (Å²) in [7, 11) is -4.05. The van der Waals surface area contributed by atoms with E-state index in [2.05, 4.69) is 19.2 Å². The molecule has 0 rings (SSSR count). The molecule has 0 saturated heterocycles. The predicted octanol–water partition coefficient (Wildman–Crippen LogP) is 10.3. The fourth-order valence-corrected chi connectivity index (χ4v) is 5.87. The van der Waals surface area contributed by atoms with Gasteiger partial charge < -0.3 is 15.1 Å². The van der Waals surface area contributed by atoms with Crippen LogP contribution in [0.2, 0.25) is 0 Å². The van der Waals surface area contributed by atoms with Crippen LogP contribution in [0.5, 0.6) is 0 Å². The minimum Gasteiger partial charge on any atom is -0.323 e. The van der Waals surface area contributed by atoms with Crippen molar-refractivity contribution in [1.82, 2.24) is 5.32 Å². The van der Waals surface area contributed by atoms with Gasteiger partial charge in [-0.3, -0.25) is 4.57 Å². The first-order valence-electron chi connectivity index (χ1n) is 15.8. The van der Waals surface area contributed by atoms with Crippen molar-refractivity contribution in [3.05, 3.63) is 0 Å². The minimum absolute atomic E-state index is 0.596. The normalized spacial score (nSPS) is 12.9. The maximum Gasteiger partial charge on any atom is 0.342 e. The summed E-state index contributed by atoms with van der Waals surface area (Å²) in [6.45, 7) is 5.25. The molecular formula is C30H64NO3P. The predicted molar refractivity (Wildman–Crippen MR) is 155 cm³/mol. The van der Waals surface area contributed by atoms with Crippen LogP contribution in [0.3, 0.4) is 0 Å². The van der Waals surface area contributed by atoms with Gasteiger partial charge in [0.05, 0.1) is 0 Å². The summed E-state index contributed by atoms with van der Waals surface area (Å²) < 4.78 is 11.8. The molecule has 35 heavy (non-hydrogen) atoms. The molecule has 0 saturated carbocycles. The Hall–Kier alpha value is 0.110. The van der Waals surface area contributed by atoms with Crippen LogP contribution in [0.25, 0.3) is 0 Å². The third-order valence-electron chi connectivity index (χ3n) is 7.40. The Kier molecular flexibility index (Phi) is 27.2. The first-order valence-corrected chi connectivity index (χ1v) is 17.5. The lowest BCUT2D eigenvalue weighted by atomic mass is 10.0. The van der Waals surface area contributed by atoms with E-state index in [-0.39, 0.29) is 0 Å². The van der Waals surface area contributed by atoms with Gasteiger partial charge in [0.25, 0.3) is 0 Å². The van der Waals surface area contributed by atoms with Crippen molar-refractivity contribution in [1.29, 1.82) is 0 Å². The van der Waals surface area contributed by atoms with E-state index in [1.54, 1.807) is 0 Å². The van der Waals surface area contributed by atoms with Crippen molar-refractivity contribution in [2.24, 2.45) is 0 Å². The number of rotatable bonds is 29. The van der Waals surface area contributed by atoms with E-state index < -0.39 is 13.4 Å². The molecule has 5 heteroatoms. The van der Waals surface area contributed by atoms with Crippen LogP contribution in [-0.4, -0.2) is 22.1 Å². The number of hydrogen-bond donors (Lipinski definition) is 3. The van der Waals surface area contributed by atoms with Gasteiger partial charge in [0.1, 0.15) is 5.78 Å². The van der Waals surface area contributed by atoms with Gasteiger partial charge in [0, 0.05) is 0 Å². The van der Waals surface area contributed by atoms with Crippen molar-refractivity contribution < 1.29 is 14.4 Å². The highest BCUT2D eigenvalue weighted by Gasteiger charge is 2.27. The first kappa shape index (κ1) is 35.1. The summed E-state index contributed by atoms with van der Waals surface area (Å²) in [4.78, 5) is 19.4. The summed E-state index contributed by atoms with van der Waals surface area (Å²) in [6.07, 6.45) is 33.2. The van der Waals surface area contributed by atoms with Crippen molar-refractivity contribution in [2.75, 3.05) is 6.54 Å². The Bertz CT molecular complexity index is 455. The molecule has 0 bridgehead atoms. The molecule has 0 amide bonds. The second-order valence-corrected chi connectivity index (χ2v) is 12.8. The monoisotopic (exact) mass is 517 g/mol. The lowest BCUT2D eigenvalue weighted by Crippen LogP contribution is -2.30. The van der Waals surface area contributed by atoms with Crippen LogP contribution in [0.15, 0.2) is 0 Å². The quantitative estimate of drug-likeness (QED) is 0.0681. The molecule has 0 aliphatic rings. The molecule has 0 aliphatic carbocycles. The molecule has 1 atom stereocenters. The van der Waals surface area contributed by atoms with E-state index in [1.807, 2.05) is 0 Å². The third-order valence-corrected chi connectivity index (χ3v) is 8.65. The largest absolute Gasteiger partial charge is 0.342 e. The van der Waals surface area contributed by atoms with E-state index in [9.17, 15) is 14.4 Å². The Labute approximate surface area is 220 Å². The fraction of sp³-hybridized carbons (Fsp3) is 1.00. The molecule has 0 aliphatic heterocycles. The topological polar surface area (TPSA) is 69.6 Å². The van der Waals surface area contributed by atoms with Gasteiger partial charge in [-0.2, -0.15) is 0 Å². The van der Waals surface area contributed by atoms with Crippen molar-refractivity contribution >= 4 is 7.60 Å². The average molecular weight is 518 g/mol. The highest BCUT2D eigenvalue weighted by atomic mass is 31.2. The molecule has 0 radical (unpaired) electrons. The van der Waals surface area contributed by atoms with Gasteiger partial charge >= 0.3 is 7.60 Å². The summed E-state index contributed by atoms with van der Waals surface area (Å²) in [6, 6.07) is 0. The Morgan fingerprint density at radius 2 is 0.771 bits per heavy atom. The lowest BCUT2D eigenvalue weighted by molar-refractivity contribution is 0.337. The van der Waals surface area contributed by atoms with Crippen molar-refractivity contribution in [3.63, 3.8) is 0 Å². The van der Waals surface area contributed by atoms with Crippen LogP contribution < -0.4 is 5.32 Å². The van der Waals surface area contributed by atoms with E-state index >= 15 is 0 Å². The van der Waals surface area contributed by atoms with Crippen LogP contribution in [0.4, 0.5) is 0 Å². The zero-order valence-corrected chi connectivity index (χ0v) is 24.8. The number of nitrogens with one attached hydrogen (secondary N) is 1. The fourth-order valence-electron chi connectivity index (χ4n) is 4.98. The summed E-state index contributed by atoms with van der Waals surface area (Å²) in [5.41, 5.74) is 0. The zero-order chi connectivity index (χ0) is 25.9. The summed E-state index contributed by atoms with van der Waals surface area (Å²) in [5.74, 6) is -0.650. The molecule has 0 heterocycles.